The molecule has 0 aliphatic carbocycles. The minimum absolute atomic E-state index is 0.0156. The molecule has 1 saturated heterocycles. The van der Waals surface area contributed by atoms with Crippen LogP contribution in [-0.4, -0.2) is 39.2 Å². The Kier molecular flexibility index (Phi) is 5.18. The van der Waals surface area contributed by atoms with Crippen LogP contribution in [0, 0.1) is 0 Å². The van der Waals surface area contributed by atoms with E-state index in [9.17, 15) is 9.59 Å². The number of nitrogens with zero attached hydrogens (tertiary/aromatic N) is 1. The van der Waals surface area contributed by atoms with E-state index in [-0.39, 0.29) is 10.7 Å². The van der Waals surface area contributed by atoms with Crippen molar-refractivity contribution in [1.82, 2.24) is 9.97 Å². The fourth-order valence-electron chi connectivity index (χ4n) is 1.98. The highest BCUT2D eigenvalue weighted by Crippen LogP contribution is 2.39. The number of aromatic amines is 1. The third kappa shape index (κ3) is 4.34. The van der Waals surface area contributed by atoms with E-state index >= 15 is 0 Å². The summed E-state index contributed by atoms with van der Waals surface area (Å²) in [5.41, 5.74) is 0.186. The zero-order chi connectivity index (χ0) is 17.3. The zero-order valence-corrected chi connectivity index (χ0v) is 14.8. The Labute approximate surface area is 140 Å². The first kappa shape index (κ1) is 18.0. The molecule has 1 aliphatic rings. The Morgan fingerprint density at radius 2 is 1.96 bits per heavy atom. The highest BCUT2D eigenvalue weighted by atomic mass is 32.2. The summed E-state index contributed by atoms with van der Waals surface area (Å²) in [5.74, 6) is 0.437. The highest BCUT2D eigenvalue weighted by Gasteiger charge is 2.52. The number of aromatic nitrogens is 2. The van der Waals surface area contributed by atoms with Crippen LogP contribution in [0.4, 0.5) is 0 Å². The fourth-order valence-corrected chi connectivity index (χ4v) is 2.57. The lowest BCUT2D eigenvalue weighted by Gasteiger charge is -2.32. The number of hydrogen-bond acceptors (Lipinski definition) is 6. The molecule has 6 nitrogen and oxygen atoms in total. The summed E-state index contributed by atoms with van der Waals surface area (Å²) in [7, 11) is -0.555. The smallest absolute Gasteiger partial charge is 0.400 e. The number of rotatable bonds is 4. The van der Waals surface area contributed by atoms with Gasteiger partial charge in [0.2, 0.25) is 0 Å². The van der Waals surface area contributed by atoms with Crippen molar-refractivity contribution in [3.05, 3.63) is 33.9 Å². The van der Waals surface area contributed by atoms with Crippen LogP contribution in [0.1, 0.15) is 40.3 Å². The quantitative estimate of drug-likeness (QED) is 0.848. The molecule has 1 aromatic rings. The Hall–Kier alpha value is -1.38. The number of H-pyrrole nitrogens is 1. The van der Waals surface area contributed by atoms with Crippen molar-refractivity contribution in [2.75, 3.05) is 5.75 Å². The van der Waals surface area contributed by atoms with Gasteiger partial charge in [-0.25, -0.2) is 4.98 Å². The van der Waals surface area contributed by atoms with E-state index in [0.717, 1.165) is 5.47 Å². The van der Waals surface area contributed by atoms with Crippen LogP contribution in [0.5, 0.6) is 0 Å². The number of nitrogens with one attached hydrogen (secondary N) is 1. The second-order valence-electron chi connectivity index (χ2n) is 6.42. The topological polar surface area (TPSA) is 81.3 Å². The minimum Gasteiger partial charge on any atom is -0.400 e. The van der Waals surface area contributed by atoms with Crippen molar-refractivity contribution in [2.45, 2.75) is 45.8 Å². The number of carbonyl (C=O) groups is 1. The molecular formula is C15H21BN2O4S. The second-order valence-corrected chi connectivity index (χ2v) is 7.58. The van der Waals surface area contributed by atoms with Crippen molar-refractivity contribution in [1.29, 1.82) is 0 Å². The first-order valence-electron chi connectivity index (χ1n) is 7.35. The average molecular weight is 336 g/mol. The molecule has 0 radical (unpaired) electrons. The van der Waals surface area contributed by atoms with Crippen LogP contribution in [-0.2, 0) is 14.1 Å². The molecule has 8 heteroatoms. The molecule has 2 heterocycles. The van der Waals surface area contributed by atoms with Gasteiger partial charge in [0.05, 0.1) is 23.1 Å². The molecule has 1 N–H and O–H groups in total. The third-order valence-corrected chi connectivity index (χ3v) is 4.91. The summed E-state index contributed by atoms with van der Waals surface area (Å²) in [6.07, 6.45) is 4.52. The fraction of sp³-hybridized carbons (Fsp3) is 0.533. The van der Waals surface area contributed by atoms with Crippen molar-refractivity contribution >= 4 is 30.1 Å². The van der Waals surface area contributed by atoms with E-state index in [1.165, 1.54) is 31.1 Å². The molecule has 0 unspecified atom stereocenters. The summed E-state index contributed by atoms with van der Waals surface area (Å²) in [4.78, 5) is 29.1. The van der Waals surface area contributed by atoms with Gasteiger partial charge in [-0.2, -0.15) is 0 Å². The van der Waals surface area contributed by atoms with Crippen LogP contribution in [0.2, 0.25) is 0 Å². The van der Waals surface area contributed by atoms with Crippen LogP contribution < -0.4 is 5.56 Å². The molecule has 0 aromatic carbocycles. The maximum absolute atomic E-state index is 11.3. The second kappa shape index (κ2) is 6.63. The van der Waals surface area contributed by atoms with E-state index in [1.807, 2.05) is 27.7 Å². The molecule has 0 spiro atoms. The Morgan fingerprint density at radius 1 is 1.35 bits per heavy atom. The molecule has 0 bridgehead atoms. The molecule has 0 atom stereocenters. The van der Waals surface area contributed by atoms with Gasteiger partial charge in [-0.15, -0.1) is 0 Å². The molecule has 1 aromatic heterocycles. The van der Waals surface area contributed by atoms with Gasteiger partial charge in [0.15, 0.2) is 5.12 Å². The van der Waals surface area contributed by atoms with Gasteiger partial charge >= 0.3 is 7.12 Å². The molecule has 1 aliphatic heterocycles. The van der Waals surface area contributed by atoms with Crippen molar-refractivity contribution in [2.24, 2.45) is 0 Å². The first-order valence-corrected chi connectivity index (χ1v) is 8.33. The minimum atomic E-state index is -0.555. The lowest BCUT2D eigenvalue weighted by atomic mass is 9.78. The summed E-state index contributed by atoms with van der Waals surface area (Å²) in [6, 6.07) is 0. The van der Waals surface area contributed by atoms with Gasteiger partial charge < -0.3 is 14.3 Å². The maximum atomic E-state index is 11.3. The van der Waals surface area contributed by atoms with E-state index in [2.05, 4.69) is 9.97 Å². The number of hydrogen-bond donors (Lipinski definition) is 1. The molecule has 0 saturated carbocycles. The molecule has 2 rings (SSSR count). The van der Waals surface area contributed by atoms with Crippen LogP contribution in [0.15, 0.2) is 22.7 Å². The summed E-state index contributed by atoms with van der Waals surface area (Å²) >= 11 is 1.18. The first-order chi connectivity index (χ1) is 10.6. The molecular weight excluding hydrogens is 315 g/mol. The van der Waals surface area contributed by atoms with E-state index in [1.54, 1.807) is 6.08 Å². The van der Waals surface area contributed by atoms with Crippen LogP contribution >= 0.6 is 11.8 Å². The number of thioether (sulfide) groups is 1. The van der Waals surface area contributed by atoms with Gasteiger partial charge in [-0.1, -0.05) is 11.8 Å². The van der Waals surface area contributed by atoms with Gasteiger partial charge in [0.25, 0.3) is 5.56 Å². The maximum Gasteiger partial charge on any atom is 0.491 e. The summed E-state index contributed by atoms with van der Waals surface area (Å²) in [6.45, 7) is 9.41. The lowest BCUT2D eigenvalue weighted by molar-refractivity contribution is -0.109. The normalized spacial score (nSPS) is 19.9. The predicted molar refractivity (Wildman–Crippen MR) is 92.1 cm³/mol. The molecule has 23 heavy (non-hydrogen) atoms. The Bertz CT molecular complexity index is 648. The van der Waals surface area contributed by atoms with Crippen molar-refractivity contribution < 1.29 is 14.1 Å². The molecule has 0 amide bonds. The molecule has 124 valence electrons. The summed E-state index contributed by atoms with van der Waals surface area (Å²) < 4.78 is 12.1. The average Bonchev–Trinajstić information content (AvgIpc) is 2.65. The number of carbonyl (C=O) groups excluding carboxylic acids is 1. The van der Waals surface area contributed by atoms with Gasteiger partial charge in [0, 0.05) is 18.9 Å². The van der Waals surface area contributed by atoms with Crippen LogP contribution in [0.25, 0.3) is 6.08 Å². The zero-order valence-electron chi connectivity index (χ0n) is 14.0. The van der Waals surface area contributed by atoms with Crippen molar-refractivity contribution in [3.8, 4) is 0 Å². The molecule has 1 fully saturated rings. The summed E-state index contributed by atoms with van der Waals surface area (Å²) in [5, 5.41) is 0.0156. The highest BCUT2D eigenvalue weighted by molar-refractivity contribution is 8.13. The lowest BCUT2D eigenvalue weighted by Crippen LogP contribution is -2.41. The Balaban J connectivity index is 2.29. The van der Waals surface area contributed by atoms with Gasteiger partial charge in [0.1, 0.15) is 0 Å². The van der Waals surface area contributed by atoms with Crippen LogP contribution in [0.3, 0.4) is 0 Å². The largest absolute Gasteiger partial charge is 0.491 e. The van der Waals surface area contributed by atoms with Gasteiger partial charge in [-0.3, -0.25) is 9.59 Å². The monoisotopic (exact) mass is 336 g/mol. The SMILES string of the molecule is CC(=O)SCC(=Cc1c[nH]c(=O)cn1)B1OC(C)(C)C(C)(C)O1. The van der Waals surface area contributed by atoms with E-state index < -0.39 is 18.3 Å². The van der Waals surface area contributed by atoms with Gasteiger partial charge in [-0.05, 0) is 39.2 Å². The predicted octanol–water partition coefficient (Wildman–Crippen LogP) is 2.06. The standard InChI is InChI=1S/C15H21BN2O4S/c1-10(19)23-9-11(6-12-7-18-13(20)8-17-12)16-21-14(2,3)15(4,5)22-16/h6-8H,9H2,1-5H3,(H,18,20). The van der Waals surface area contributed by atoms with Crippen molar-refractivity contribution in [3.63, 3.8) is 0 Å². The van der Waals surface area contributed by atoms with E-state index in [0.29, 0.717) is 11.4 Å². The Morgan fingerprint density at radius 3 is 2.43 bits per heavy atom. The van der Waals surface area contributed by atoms with E-state index in [4.69, 9.17) is 9.31 Å². The third-order valence-electron chi connectivity index (χ3n) is 4.02.